The van der Waals surface area contributed by atoms with Crippen molar-refractivity contribution >= 4 is 10.0 Å². The fourth-order valence-electron chi connectivity index (χ4n) is 2.64. The van der Waals surface area contributed by atoms with Crippen LogP contribution in [-0.4, -0.2) is 52.1 Å². The number of ether oxygens (including phenoxy) is 1. The van der Waals surface area contributed by atoms with E-state index in [1.54, 1.807) is 19.2 Å². The molecule has 1 aliphatic rings. The molecule has 1 heterocycles. The van der Waals surface area contributed by atoms with Gasteiger partial charge in [-0.3, -0.25) is 0 Å². The van der Waals surface area contributed by atoms with Gasteiger partial charge in [-0.1, -0.05) is 12.1 Å². The van der Waals surface area contributed by atoms with E-state index in [1.165, 1.54) is 4.31 Å². The molecule has 0 amide bonds. The Morgan fingerprint density at radius 3 is 2.52 bits per heavy atom. The van der Waals surface area contributed by atoms with Gasteiger partial charge in [0.2, 0.25) is 10.0 Å². The number of sulfonamides is 1. The Kier molecular flexibility index (Phi) is 5.37. The molecule has 21 heavy (non-hydrogen) atoms. The van der Waals surface area contributed by atoms with Gasteiger partial charge < -0.3 is 10.1 Å². The Hall–Kier alpha value is -0.950. The van der Waals surface area contributed by atoms with Crippen molar-refractivity contribution in [1.29, 1.82) is 0 Å². The monoisotopic (exact) mass is 312 g/mol. The lowest BCUT2D eigenvalue weighted by Gasteiger charge is -2.26. The molecule has 1 aromatic carbocycles. The Morgan fingerprint density at radius 2 is 2.00 bits per heavy atom. The minimum Gasteiger partial charge on any atom is -0.377 e. The van der Waals surface area contributed by atoms with Gasteiger partial charge in [0.25, 0.3) is 0 Å². The minimum absolute atomic E-state index is 0.0559. The third-order valence-electron chi connectivity index (χ3n) is 4.07. The highest BCUT2D eigenvalue weighted by Gasteiger charge is 2.35. The van der Waals surface area contributed by atoms with E-state index in [-0.39, 0.29) is 12.1 Å². The number of likely N-dealkylation sites (N-methyl/N-ethyl adjacent to an activating group) is 2. The Morgan fingerprint density at radius 1 is 1.33 bits per heavy atom. The van der Waals surface area contributed by atoms with Crippen LogP contribution < -0.4 is 5.32 Å². The maximum atomic E-state index is 12.6. The highest BCUT2D eigenvalue weighted by Crippen LogP contribution is 2.24. The van der Waals surface area contributed by atoms with E-state index in [9.17, 15) is 8.42 Å². The van der Waals surface area contributed by atoms with Gasteiger partial charge in [0, 0.05) is 13.7 Å². The molecule has 1 aromatic rings. The molecule has 1 aliphatic heterocycles. The molecular formula is C15H24N2O3S. The summed E-state index contributed by atoms with van der Waals surface area (Å²) in [5.41, 5.74) is 1.13. The molecule has 118 valence electrons. The van der Waals surface area contributed by atoms with Crippen molar-refractivity contribution in [3.63, 3.8) is 0 Å². The van der Waals surface area contributed by atoms with Crippen LogP contribution in [0.3, 0.4) is 0 Å². The van der Waals surface area contributed by atoms with E-state index >= 15 is 0 Å². The second-order valence-electron chi connectivity index (χ2n) is 5.45. The molecule has 0 bridgehead atoms. The van der Waals surface area contributed by atoms with E-state index in [0.29, 0.717) is 11.5 Å². The minimum atomic E-state index is -3.45. The normalized spacial score (nSPS) is 22.9. The number of nitrogens with zero attached hydrogens (tertiary/aromatic N) is 1. The number of nitrogens with one attached hydrogen (secondary N) is 1. The zero-order chi connectivity index (χ0) is 15.5. The molecule has 2 atom stereocenters. The molecule has 0 radical (unpaired) electrons. The lowest BCUT2D eigenvalue weighted by atomic mass is 10.1. The van der Waals surface area contributed by atoms with Crippen LogP contribution in [0.15, 0.2) is 29.2 Å². The molecule has 1 fully saturated rings. The van der Waals surface area contributed by atoms with Crippen LogP contribution in [0, 0.1) is 0 Å². The standard InChI is InChI=1S/C15H24N2O3S/c1-12-15(9-11-20-12)17(3)21(18,19)14-6-4-13(5-7-14)8-10-16-2/h4-7,12,15-16H,8-11H2,1-3H3. The maximum absolute atomic E-state index is 12.6. The van der Waals surface area contributed by atoms with E-state index in [4.69, 9.17) is 4.74 Å². The third-order valence-corrected chi connectivity index (χ3v) is 5.96. The fourth-order valence-corrected chi connectivity index (χ4v) is 4.09. The van der Waals surface area contributed by atoms with Crippen LogP contribution in [0.5, 0.6) is 0 Å². The Bertz CT molecular complexity index is 557. The van der Waals surface area contributed by atoms with Gasteiger partial charge in [0.1, 0.15) is 0 Å². The summed E-state index contributed by atoms with van der Waals surface area (Å²) in [4.78, 5) is 0.345. The lowest BCUT2D eigenvalue weighted by Crippen LogP contribution is -2.40. The van der Waals surface area contributed by atoms with Gasteiger partial charge >= 0.3 is 0 Å². The third kappa shape index (κ3) is 3.63. The molecule has 0 saturated carbocycles. The van der Waals surface area contributed by atoms with Crippen molar-refractivity contribution < 1.29 is 13.2 Å². The largest absolute Gasteiger partial charge is 0.377 e. The summed E-state index contributed by atoms with van der Waals surface area (Å²) in [6.07, 6.45) is 1.58. The Labute approximate surface area is 127 Å². The quantitative estimate of drug-likeness (QED) is 0.859. The summed E-state index contributed by atoms with van der Waals surface area (Å²) >= 11 is 0. The summed E-state index contributed by atoms with van der Waals surface area (Å²) in [7, 11) is 0.0855. The zero-order valence-electron chi connectivity index (χ0n) is 12.9. The predicted molar refractivity (Wildman–Crippen MR) is 82.8 cm³/mol. The SMILES string of the molecule is CNCCc1ccc(S(=O)(=O)N(C)C2CCOC2C)cc1. The number of benzene rings is 1. The smallest absolute Gasteiger partial charge is 0.243 e. The van der Waals surface area contributed by atoms with Crippen LogP contribution in [-0.2, 0) is 21.2 Å². The van der Waals surface area contributed by atoms with Crippen LogP contribution in [0.2, 0.25) is 0 Å². The van der Waals surface area contributed by atoms with E-state index in [0.717, 1.165) is 24.9 Å². The molecule has 1 saturated heterocycles. The van der Waals surface area contributed by atoms with Crippen LogP contribution in [0.25, 0.3) is 0 Å². The number of hydrogen-bond donors (Lipinski definition) is 1. The predicted octanol–water partition coefficient (Wildman–Crippen LogP) is 1.25. The van der Waals surface area contributed by atoms with Gasteiger partial charge in [-0.25, -0.2) is 8.42 Å². The van der Waals surface area contributed by atoms with Crippen molar-refractivity contribution in [3.05, 3.63) is 29.8 Å². The average Bonchev–Trinajstić information content (AvgIpc) is 2.90. The van der Waals surface area contributed by atoms with Crippen LogP contribution in [0.4, 0.5) is 0 Å². The molecule has 5 nitrogen and oxygen atoms in total. The van der Waals surface area contributed by atoms with Crippen molar-refractivity contribution in [2.45, 2.75) is 36.8 Å². The van der Waals surface area contributed by atoms with E-state index in [2.05, 4.69) is 5.32 Å². The second-order valence-corrected chi connectivity index (χ2v) is 7.45. The second kappa shape index (κ2) is 6.87. The number of hydrogen-bond acceptors (Lipinski definition) is 4. The first-order chi connectivity index (χ1) is 9.96. The van der Waals surface area contributed by atoms with Crippen LogP contribution in [0.1, 0.15) is 18.9 Å². The van der Waals surface area contributed by atoms with Gasteiger partial charge in [-0.05, 0) is 51.1 Å². The van der Waals surface area contributed by atoms with E-state index < -0.39 is 10.0 Å². The maximum Gasteiger partial charge on any atom is 0.243 e. The molecule has 6 heteroatoms. The topological polar surface area (TPSA) is 58.6 Å². The summed E-state index contributed by atoms with van der Waals surface area (Å²) in [5, 5.41) is 3.08. The molecule has 0 aliphatic carbocycles. The summed E-state index contributed by atoms with van der Waals surface area (Å²) in [6, 6.07) is 7.06. The highest BCUT2D eigenvalue weighted by molar-refractivity contribution is 7.89. The van der Waals surface area contributed by atoms with E-state index in [1.807, 2.05) is 26.1 Å². The summed E-state index contributed by atoms with van der Waals surface area (Å²) in [6.45, 7) is 3.42. The lowest BCUT2D eigenvalue weighted by molar-refractivity contribution is 0.102. The molecule has 0 aromatic heterocycles. The van der Waals surface area contributed by atoms with Crippen LogP contribution >= 0.6 is 0 Å². The molecule has 1 N–H and O–H groups in total. The fraction of sp³-hybridized carbons (Fsp3) is 0.600. The van der Waals surface area contributed by atoms with Crippen molar-refractivity contribution in [3.8, 4) is 0 Å². The molecular weight excluding hydrogens is 288 g/mol. The zero-order valence-corrected chi connectivity index (χ0v) is 13.7. The first kappa shape index (κ1) is 16.4. The van der Waals surface area contributed by atoms with Gasteiger partial charge in [-0.2, -0.15) is 4.31 Å². The first-order valence-electron chi connectivity index (χ1n) is 7.30. The molecule has 2 unspecified atom stereocenters. The van der Waals surface area contributed by atoms with Crippen molar-refractivity contribution in [2.75, 3.05) is 27.2 Å². The van der Waals surface area contributed by atoms with Crippen molar-refractivity contribution in [1.82, 2.24) is 9.62 Å². The Balaban J connectivity index is 2.15. The molecule has 0 spiro atoms. The van der Waals surface area contributed by atoms with Gasteiger partial charge in [0.15, 0.2) is 0 Å². The summed E-state index contributed by atoms with van der Waals surface area (Å²) in [5.74, 6) is 0. The van der Waals surface area contributed by atoms with Gasteiger partial charge in [0.05, 0.1) is 17.0 Å². The van der Waals surface area contributed by atoms with Gasteiger partial charge in [-0.15, -0.1) is 0 Å². The summed E-state index contributed by atoms with van der Waals surface area (Å²) < 4.78 is 32.2. The molecule has 2 rings (SSSR count). The number of rotatable bonds is 6. The van der Waals surface area contributed by atoms with Crippen molar-refractivity contribution in [2.24, 2.45) is 0 Å². The first-order valence-corrected chi connectivity index (χ1v) is 8.74. The highest BCUT2D eigenvalue weighted by atomic mass is 32.2. The average molecular weight is 312 g/mol.